The molecule has 0 saturated carbocycles. The minimum Gasteiger partial charge on any atom is -0.378 e. The first kappa shape index (κ1) is 10.9. The van der Waals surface area contributed by atoms with E-state index in [1.165, 1.54) is 0 Å². The van der Waals surface area contributed by atoms with Gasteiger partial charge in [0.15, 0.2) is 0 Å². The molecule has 0 aromatic rings. The first-order chi connectivity index (χ1) is 6.72. The Morgan fingerprint density at radius 1 is 1.43 bits per heavy atom. The summed E-state index contributed by atoms with van der Waals surface area (Å²) in [5.41, 5.74) is 2.16. The third kappa shape index (κ3) is 2.20. The topological polar surface area (TPSA) is 29.5 Å². The van der Waals surface area contributed by atoms with Crippen LogP contribution in [0.1, 0.15) is 6.42 Å². The summed E-state index contributed by atoms with van der Waals surface area (Å²) in [6, 6.07) is 0. The number of rotatable bonds is 2. The maximum absolute atomic E-state index is 11.2. The molecule has 3 nitrogen and oxygen atoms in total. The maximum Gasteiger partial charge on any atom is 0.422 e. The molecular formula is C10H13NO2S. The highest BCUT2D eigenvalue weighted by Gasteiger charge is 2.20. The molecule has 1 aliphatic heterocycles. The van der Waals surface area contributed by atoms with E-state index in [2.05, 4.69) is 30.3 Å². The van der Waals surface area contributed by atoms with Crippen LogP contribution < -0.4 is 0 Å². The number of carbonyl (C=O) groups excluding carboxylic acids is 1. The minimum absolute atomic E-state index is 0.421. The van der Waals surface area contributed by atoms with Gasteiger partial charge in [0.25, 0.3) is 0 Å². The second-order valence-electron chi connectivity index (χ2n) is 2.99. The summed E-state index contributed by atoms with van der Waals surface area (Å²) in [6.45, 7) is 8.57. The highest BCUT2D eigenvalue weighted by molar-refractivity contribution is 7.75. The summed E-state index contributed by atoms with van der Waals surface area (Å²) < 4.78 is 4.35. The van der Waals surface area contributed by atoms with Crippen LogP contribution in [0.3, 0.4) is 0 Å². The largest absolute Gasteiger partial charge is 0.422 e. The van der Waals surface area contributed by atoms with Crippen molar-refractivity contribution in [3.05, 3.63) is 36.5 Å². The molecule has 0 atom stereocenters. The maximum atomic E-state index is 11.2. The lowest BCUT2D eigenvalue weighted by molar-refractivity contribution is 0.164. The molecule has 1 rings (SSSR count). The average Bonchev–Trinajstić information content (AvgIpc) is 2.26. The van der Waals surface area contributed by atoms with Gasteiger partial charge in [-0.15, -0.1) is 0 Å². The zero-order chi connectivity index (χ0) is 10.6. The first-order valence-corrected chi connectivity index (χ1v) is 4.66. The third-order valence-electron chi connectivity index (χ3n) is 2.25. The van der Waals surface area contributed by atoms with Gasteiger partial charge in [0.05, 0.1) is 0 Å². The fourth-order valence-electron chi connectivity index (χ4n) is 1.44. The number of allylic oxidation sites excluding steroid dienone is 1. The summed E-state index contributed by atoms with van der Waals surface area (Å²) in [5, 5.41) is 0. The number of thiol groups is 1. The van der Waals surface area contributed by atoms with E-state index < -0.39 is 6.09 Å². The number of hydrogen-bond donors (Lipinski definition) is 1. The molecule has 0 saturated heterocycles. The normalized spacial score (nSPS) is 16.5. The van der Waals surface area contributed by atoms with Gasteiger partial charge in [0, 0.05) is 26.0 Å². The minimum atomic E-state index is -0.421. The van der Waals surface area contributed by atoms with Gasteiger partial charge in [0.1, 0.15) is 0 Å². The van der Waals surface area contributed by atoms with Crippen LogP contribution in [-0.4, -0.2) is 24.1 Å². The van der Waals surface area contributed by atoms with Crippen molar-refractivity contribution in [2.75, 3.05) is 13.1 Å². The lowest BCUT2D eigenvalue weighted by Gasteiger charge is -2.27. The molecular weight excluding hydrogens is 198 g/mol. The predicted molar refractivity (Wildman–Crippen MR) is 59.1 cm³/mol. The van der Waals surface area contributed by atoms with Gasteiger partial charge in [0.2, 0.25) is 0 Å². The number of nitrogens with zero attached hydrogens (tertiary/aromatic N) is 1. The highest BCUT2D eigenvalue weighted by Crippen LogP contribution is 2.20. The molecule has 0 aliphatic carbocycles. The van der Waals surface area contributed by atoms with Gasteiger partial charge in [-0.3, -0.25) is 0 Å². The molecule has 0 unspecified atom stereocenters. The van der Waals surface area contributed by atoms with Gasteiger partial charge >= 0.3 is 6.09 Å². The number of hydrogen-bond acceptors (Lipinski definition) is 3. The Kier molecular flexibility index (Phi) is 3.83. The Bertz CT molecular complexity index is 296. The van der Waals surface area contributed by atoms with E-state index >= 15 is 0 Å². The van der Waals surface area contributed by atoms with Crippen LogP contribution in [0.2, 0.25) is 0 Å². The van der Waals surface area contributed by atoms with Crippen LogP contribution in [0.5, 0.6) is 0 Å². The van der Waals surface area contributed by atoms with Crippen molar-refractivity contribution in [3.8, 4) is 0 Å². The van der Waals surface area contributed by atoms with E-state index in [9.17, 15) is 4.79 Å². The van der Waals surface area contributed by atoms with Crippen molar-refractivity contribution in [2.24, 2.45) is 0 Å². The fraction of sp³-hybridized carbons (Fsp3) is 0.300. The monoisotopic (exact) mass is 211 g/mol. The molecule has 0 aromatic carbocycles. The summed E-state index contributed by atoms with van der Waals surface area (Å²) >= 11 is 3.48. The van der Waals surface area contributed by atoms with Crippen molar-refractivity contribution in [1.29, 1.82) is 0 Å². The van der Waals surface area contributed by atoms with Crippen molar-refractivity contribution >= 4 is 19.0 Å². The third-order valence-corrected chi connectivity index (χ3v) is 2.41. The van der Waals surface area contributed by atoms with Gasteiger partial charge in [-0.1, -0.05) is 25.3 Å². The van der Waals surface area contributed by atoms with E-state index in [1.54, 1.807) is 17.1 Å². The van der Waals surface area contributed by atoms with Gasteiger partial charge in [-0.05, 0) is 17.6 Å². The van der Waals surface area contributed by atoms with Crippen molar-refractivity contribution in [3.63, 3.8) is 0 Å². The van der Waals surface area contributed by atoms with Crippen LogP contribution in [-0.2, 0) is 4.18 Å². The Morgan fingerprint density at radius 2 is 2.07 bits per heavy atom. The zero-order valence-electron chi connectivity index (χ0n) is 7.90. The number of amides is 1. The van der Waals surface area contributed by atoms with Crippen LogP contribution in [0.15, 0.2) is 36.5 Å². The average molecular weight is 211 g/mol. The van der Waals surface area contributed by atoms with Crippen LogP contribution >= 0.6 is 12.9 Å². The Labute approximate surface area is 89.3 Å². The zero-order valence-corrected chi connectivity index (χ0v) is 8.80. The molecule has 76 valence electrons. The van der Waals surface area contributed by atoms with E-state index in [0.29, 0.717) is 13.1 Å². The van der Waals surface area contributed by atoms with Crippen LogP contribution in [0.4, 0.5) is 4.79 Å². The van der Waals surface area contributed by atoms with E-state index in [1.807, 2.05) is 0 Å². The lowest BCUT2D eigenvalue weighted by atomic mass is 10.0. The van der Waals surface area contributed by atoms with E-state index in [4.69, 9.17) is 0 Å². The van der Waals surface area contributed by atoms with Crippen molar-refractivity contribution < 1.29 is 8.98 Å². The van der Waals surface area contributed by atoms with E-state index in [-0.39, 0.29) is 0 Å². The van der Waals surface area contributed by atoms with Crippen molar-refractivity contribution in [2.45, 2.75) is 6.42 Å². The molecule has 1 amide bonds. The molecule has 4 heteroatoms. The Balaban J connectivity index is 2.78. The molecule has 0 spiro atoms. The summed E-state index contributed by atoms with van der Waals surface area (Å²) in [5.74, 6) is 0. The SMILES string of the molecule is C=CC1=C(C=C)CN(C(=O)OS)CC1. The molecule has 14 heavy (non-hydrogen) atoms. The molecule has 0 N–H and O–H groups in total. The standard InChI is InChI=1S/C10H13NO2S/c1-3-8-5-6-11(10(12)13-14)7-9(8)4-2/h3-4,14H,1-2,5-7H2. The predicted octanol–water partition coefficient (Wildman–Crippen LogP) is 2.34. The van der Waals surface area contributed by atoms with Gasteiger partial charge in [-0.2, -0.15) is 0 Å². The van der Waals surface area contributed by atoms with Crippen LogP contribution in [0, 0.1) is 0 Å². The molecule has 0 aromatic heterocycles. The summed E-state index contributed by atoms with van der Waals surface area (Å²) in [4.78, 5) is 12.7. The first-order valence-electron chi connectivity index (χ1n) is 4.30. The second-order valence-corrected chi connectivity index (χ2v) is 3.17. The lowest BCUT2D eigenvalue weighted by Crippen LogP contribution is -2.35. The molecule has 1 aliphatic rings. The van der Waals surface area contributed by atoms with Crippen LogP contribution in [0.25, 0.3) is 0 Å². The quantitative estimate of drug-likeness (QED) is 0.561. The Morgan fingerprint density at radius 3 is 2.57 bits per heavy atom. The highest BCUT2D eigenvalue weighted by atomic mass is 32.1. The fourth-order valence-corrected chi connectivity index (χ4v) is 1.56. The molecule has 0 radical (unpaired) electrons. The van der Waals surface area contributed by atoms with Gasteiger partial charge in [-0.25, -0.2) is 4.79 Å². The smallest absolute Gasteiger partial charge is 0.378 e. The molecule has 0 bridgehead atoms. The van der Waals surface area contributed by atoms with E-state index in [0.717, 1.165) is 17.6 Å². The summed E-state index contributed by atoms with van der Waals surface area (Å²) in [7, 11) is 0. The number of carbonyl (C=O) groups is 1. The second kappa shape index (κ2) is 4.91. The molecule has 0 fully saturated rings. The Hall–Kier alpha value is -1.16. The molecule has 1 heterocycles. The van der Waals surface area contributed by atoms with Gasteiger partial charge < -0.3 is 9.08 Å². The van der Waals surface area contributed by atoms with Crippen molar-refractivity contribution in [1.82, 2.24) is 4.90 Å². The summed E-state index contributed by atoms with van der Waals surface area (Å²) in [6.07, 6.45) is 3.92.